The molecule has 1 amide bonds. The molecule has 0 radical (unpaired) electrons. The van der Waals surface area contributed by atoms with Gasteiger partial charge in [0, 0.05) is 30.1 Å². The highest BCUT2D eigenvalue weighted by Gasteiger charge is 2.28. The van der Waals surface area contributed by atoms with Gasteiger partial charge >= 0.3 is 5.97 Å². The molecule has 3 aromatic rings. The van der Waals surface area contributed by atoms with Gasteiger partial charge < -0.3 is 10.0 Å². The zero-order valence-electron chi connectivity index (χ0n) is 25.8. The van der Waals surface area contributed by atoms with Crippen molar-refractivity contribution in [2.24, 2.45) is 17.8 Å². The first kappa shape index (κ1) is 32.5. The van der Waals surface area contributed by atoms with Crippen molar-refractivity contribution in [3.8, 4) is 11.4 Å². The van der Waals surface area contributed by atoms with Crippen LogP contribution in [0.15, 0.2) is 78.0 Å². The number of aromatic nitrogens is 2. The van der Waals surface area contributed by atoms with Crippen molar-refractivity contribution >= 4 is 27.5 Å². The zero-order chi connectivity index (χ0) is 31.8. The maximum atomic E-state index is 12.8. The Balaban J connectivity index is 1.17. The number of sulfonamides is 1. The number of carboxylic acid groups (broad SMARTS) is 1. The lowest BCUT2D eigenvalue weighted by molar-refractivity contribution is -0.144. The summed E-state index contributed by atoms with van der Waals surface area (Å²) in [7, 11) is -3.91. The van der Waals surface area contributed by atoms with Crippen molar-refractivity contribution in [3.05, 3.63) is 84.2 Å². The fourth-order valence-corrected chi connectivity index (χ4v) is 7.58. The first-order valence-corrected chi connectivity index (χ1v) is 17.3. The van der Waals surface area contributed by atoms with Gasteiger partial charge in [0.15, 0.2) is 5.82 Å². The second kappa shape index (κ2) is 14.9. The number of nitrogens with zero attached hydrogens (tertiary/aromatic N) is 3. The average molecular weight is 631 g/mol. The van der Waals surface area contributed by atoms with Crippen molar-refractivity contribution in [1.82, 2.24) is 19.6 Å². The van der Waals surface area contributed by atoms with Crippen LogP contribution in [0.5, 0.6) is 0 Å². The number of hydrogen-bond donors (Lipinski definition) is 2. The summed E-state index contributed by atoms with van der Waals surface area (Å²) in [5, 5.41) is 9.36. The Labute approximate surface area is 265 Å². The van der Waals surface area contributed by atoms with Crippen LogP contribution in [0.25, 0.3) is 17.0 Å². The molecule has 1 unspecified atom stereocenters. The molecular formula is C35H42N4O5S. The van der Waals surface area contributed by atoms with Crippen molar-refractivity contribution in [2.45, 2.75) is 69.7 Å². The molecule has 1 aromatic heterocycles. The minimum absolute atomic E-state index is 0.00740. The predicted octanol–water partition coefficient (Wildman–Crippen LogP) is 5.94. The van der Waals surface area contributed by atoms with Crippen LogP contribution in [0, 0.1) is 17.8 Å². The van der Waals surface area contributed by atoms with Crippen LogP contribution in [0.4, 0.5) is 0 Å². The molecule has 45 heavy (non-hydrogen) atoms. The Hall–Kier alpha value is -3.89. The monoisotopic (exact) mass is 630 g/mol. The highest BCUT2D eigenvalue weighted by Crippen LogP contribution is 2.41. The highest BCUT2D eigenvalue weighted by atomic mass is 32.2. The molecule has 0 bridgehead atoms. The van der Waals surface area contributed by atoms with Gasteiger partial charge in [-0.3, -0.25) is 9.59 Å². The van der Waals surface area contributed by atoms with Gasteiger partial charge in [-0.25, -0.2) is 23.1 Å². The van der Waals surface area contributed by atoms with E-state index in [1.807, 2.05) is 24.5 Å². The lowest BCUT2D eigenvalue weighted by atomic mass is 9.71. The van der Waals surface area contributed by atoms with Gasteiger partial charge in [-0.05, 0) is 73.1 Å². The van der Waals surface area contributed by atoms with E-state index in [-0.39, 0.29) is 11.4 Å². The van der Waals surface area contributed by atoms with E-state index in [9.17, 15) is 23.1 Å². The largest absolute Gasteiger partial charge is 0.480 e. The molecule has 10 heteroatoms. The molecule has 2 N–H and O–H groups in total. The van der Waals surface area contributed by atoms with Gasteiger partial charge in [-0.15, -0.1) is 0 Å². The van der Waals surface area contributed by atoms with E-state index in [4.69, 9.17) is 0 Å². The summed E-state index contributed by atoms with van der Waals surface area (Å²) in [6.07, 6.45) is 16.5. The van der Waals surface area contributed by atoms with Crippen LogP contribution >= 0.6 is 0 Å². The Morgan fingerprint density at radius 2 is 1.60 bits per heavy atom. The average Bonchev–Trinajstić information content (AvgIpc) is 3.08. The first-order chi connectivity index (χ1) is 21.7. The topological polar surface area (TPSA) is 130 Å². The smallest absolute Gasteiger partial charge is 0.323 e. The number of aliphatic carboxylic acids is 1. The summed E-state index contributed by atoms with van der Waals surface area (Å²) in [6.45, 7) is 1.21. The second-order valence-corrected chi connectivity index (χ2v) is 14.0. The van der Waals surface area contributed by atoms with E-state index >= 15 is 0 Å². The van der Waals surface area contributed by atoms with Crippen LogP contribution in [-0.2, 0) is 26.2 Å². The van der Waals surface area contributed by atoms with E-state index in [1.54, 1.807) is 30.3 Å². The number of carbonyl (C=O) groups excluding carboxylic acids is 1. The van der Waals surface area contributed by atoms with E-state index in [0.717, 1.165) is 46.6 Å². The summed E-state index contributed by atoms with van der Waals surface area (Å²) in [4.78, 5) is 34.7. The Morgan fingerprint density at radius 3 is 2.20 bits per heavy atom. The molecule has 2 aliphatic rings. The number of amides is 1. The molecule has 1 heterocycles. The zero-order valence-corrected chi connectivity index (χ0v) is 26.6. The first-order valence-electron chi connectivity index (χ1n) is 15.9. The number of allylic oxidation sites excluding steroid dienone is 2. The van der Waals surface area contributed by atoms with E-state index < -0.39 is 35.0 Å². The van der Waals surface area contributed by atoms with Crippen molar-refractivity contribution < 1.29 is 23.1 Å². The number of carboxylic acids is 1. The minimum Gasteiger partial charge on any atom is -0.480 e. The number of carbonyl (C=O) groups is 2. The number of nitrogens with one attached hydrogen (secondary N) is 1. The summed E-state index contributed by atoms with van der Waals surface area (Å²) in [5.74, 6) is 1.34. The summed E-state index contributed by atoms with van der Waals surface area (Å²) in [5.41, 5.74) is 3.89. The van der Waals surface area contributed by atoms with Gasteiger partial charge in [-0.1, -0.05) is 74.7 Å². The third-order valence-electron chi connectivity index (χ3n) is 9.34. The molecule has 2 aromatic carbocycles. The maximum absolute atomic E-state index is 12.8. The number of rotatable bonds is 12. The van der Waals surface area contributed by atoms with Crippen LogP contribution < -0.4 is 4.72 Å². The van der Waals surface area contributed by atoms with Crippen molar-refractivity contribution in [2.75, 3.05) is 13.1 Å². The normalized spacial score (nSPS) is 20.3. The Bertz CT molecular complexity index is 1580. The molecule has 9 nitrogen and oxygen atoms in total. The van der Waals surface area contributed by atoms with Crippen LogP contribution in [0.2, 0.25) is 0 Å². The van der Waals surface area contributed by atoms with Gasteiger partial charge in [0.05, 0.1) is 11.4 Å². The lowest BCUT2D eigenvalue weighted by Gasteiger charge is -2.35. The molecule has 5 rings (SSSR count). The fourth-order valence-electron chi connectivity index (χ4n) is 6.58. The third kappa shape index (κ3) is 8.64. The molecule has 0 aliphatic heterocycles. The lowest BCUT2D eigenvalue weighted by Crippen LogP contribution is -2.42. The highest BCUT2D eigenvalue weighted by molar-refractivity contribution is 7.89. The Morgan fingerprint density at radius 1 is 0.911 bits per heavy atom. The van der Waals surface area contributed by atoms with Crippen molar-refractivity contribution in [3.63, 3.8) is 0 Å². The van der Waals surface area contributed by atoms with E-state index in [2.05, 4.69) is 27.7 Å². The Kier molecular flexibility index (Phi) is 10.8. The van der Waals surface area contributed by atoms with E-state index in [0.29, 0.717) is 11.4 Å². The molecule has 1 fully saturated rings. The molecule has 0 spiro atoms. The van der Waals surface area contributed by atoms with Crippen LogP contribution in [-0.4, -0.2) is 53.4 Å². The molecule has 0 saturated heterocycles. The van der Waals surface area contributed by atoms with Gasteiger partial charge in [0.2, 0.25) is 15.9 Å². The van der Waals surface area contributed by atoms with Gasteiger partial charge in [0.1, 0.15) is 6.54 Å². The summed E-state index contributed by atoms with van der Waals surface area (Å²) < 4.78 is 27.3. The molecule has 238 valence electrons. The second-order valence-electron chi connectivity index (χ2n) is 12.2. The molecule has 1 saturated carbocycles. The summed E-state index contributed by atoms with van der Waals surface area (Å²) in [6, 6.07) is 14.9. The quantitative estimate of drug-likeness (QED) is 0.254. The predicted molar refractivity (Wildman–Crippen MR) is 173 cm³/mol. The maximum Gasteiger partial charge on any atom is 0.323 e. The fraction of sp³-hybridized carbons (Fsp3) is 0.429. The standard InChI is InChI=1S/C35H42N4O5S/c1-2-25-8-12-27(13-9-25)28-16-18-29(19-17-28)31-20-36-35(37-21-31)30-14-10-26(11-15-30)23-39(24-34(41)42)33(40)22-38-45(43,44)32-6-4-3-5-7-32/h3-7,10-11,14-15,18,20-21,25,27-28,38H,2,8-9,12-13,16-17,19,22-24H2,1H3,(H,41,42)/t25-,27-,28?. The third-order valence-corrected chi connectivity index (χ3v) is 10.8. The molecular weight excluding hydrogens is 588 g/mol. The number of benzene rings is 2. The van der Waals surface area contributed by atoms with Crippen LogP contribution in [0.3, 0.4) is 0 Å². The van der Waals surface area contributed by atoms with Crippen LogP contribution in [0.1, 0.15) is 69.4 Å². The SMILES string of the molecule is CC[C@H]1CC[C@H](C2CC=C(c3cnc(-c4ccc(CN(CC(=O)O)C(=O)CNS(=O)(=O)c5ccccc5)cc4)nc3)CC2)CC1. The minimum atomic E-state index is -3.91. The molecule has 1 atom stereocenters. The molecule has 2 aliphatic carbocycles. The number of hydrogen-bond acceptors (Lipinski definition) is 6. The van der Waals surface area contributed by atoms with Gasteiger partial charge in [-0.2, -0.15) is 0 Å². The van der Waals surface area contributed by atoms with Gasteiger partial charge in [0.25, 0.3) is 0 Å². The van der Waals surface area contributed by atoms with E-state index in [1.165, 1.54) is 56.2 Å². The van der Waals surface area contributed by atoms with Crippen molar-refractivity contribution in [1.29, 1.82) is 0 Å². The summed E-state index contributed by atoms with van der Waals surface area (Å²) >= 11 is 0.